The van der Waals surface area contributed by atoms with Crippen molar-refractivity contribution in [2.45, 2.75) is 32.2 Å². The molecule has 3 rings (SSSR count). The second kappa shape index (κ2) is 7.92. The molecule has 0 spiro atoms. The third-order valence-electron chi connectivity index (χ3n) is 4.05. The fourth-order valence-electron chi connectivity index (χ4n) is 2.75. The van der Waals surface area contributed by atoms with Gasteiger partial charge in [-0.05, 0) is 37.6 Å². The maximum atomic E-state index is 11.7. The van der Waals surface area contributed by atoms with Crippen LogP contribution < -0.4 is 5.32 Å². The van der Waals surface area contributed by atoms with Crippen molar-refractivity contribution in [2.24, 2.45) is 0 Å². The standard InChI is InChI=1S/C17H22N4O3/c22-14-6-4-5-13(11-14)17-20-19-16(24-17)12-21-9-3-1-2-8-18-15(23)7-10-21/h4-6,11,22H,1-3,7-10,12H2,(H,18,23). The van der Waals surface area contributed by atoms with Gasteiger partial charge >= 0.3 is 0 Å². The van der Waals surface area contributed by atoms with Crippen molar-refractivity contribution in [3.63, 3.8) is 0 Å². The van der Waals surface area contributed by atoms with Gasteiger partial charge in [-0.1, -0.05) is 12.5 Å². The van der Waals surface area contributed by atoms with E-state index < -0.39 is 0 Å². The molecule has 0 radical (unpaired) electrons. The maximum Gasteiger partial charge on any atom is 0.247 e. The Kier molecular flexibility index (Phi) is 5.43. The number of aromatic hydroxyl groups is 1. The zero-order chi connectivity index (χ0) is 16.8. The highest BCUT2D eigenvalue weighted by Gasteiger charge is 2.15. The van der Waals surface area contributed by atoms with Crippen molar-refractivity contribution in [1.82, 2.24) is 20.4 Å². The highest BCUT2D eigenvalue weighted by molar-refractivity contribution is 5.76. The third-order valence-corrected chi connectivity index (χ3v) is 4.05. The monoisotopic (exact) mass is 330 g/mol. The van der Waals surface area contributed by atoms with Crippen LogP contribution in [0.2, 0.25) is 0 Å². The van der Waals surface area contributed by atoms with E-state index in [1.165, 1.54) is 0 Å². The summed E-state index contributed by atoms with van der Waals surface area (Å²) in [5.41, 5.74) is 0.689. The van der Waals surface area contributed by atoms with Gasteiger partial charge in [0, 0.05) is 25.1 Å². The molecule has 2 heterocycles. The average molecular weight is 330 g/mol. The van der Waals surface area contributed by atoms with Crippen LogP contribution in [-0.4, -0.2) is 45.7 Å². The zero-order valence-electron chi connectivity index (χ0n) is 13.6. The first-order valence-corrected chi connectivity index (χ1v) is 8.31. The van der Waals surface area contributed by atoms with Gasteiger partial charge in [0.15, 0.2) is 0 Å². The van der Waals surface area contributed by atoms with Crippen molar-refractivity contribution in [3.8, 4) is 17.2 Å². The van der Waals surface area contributed by atoms with Crippen molar-refractivity contribution < 1.29 is 14.3 Å². The molecule has 0 aliphatic carbocycles. The molecular weight excluding hydrogens is 308 g/mol. The SMILES string of the molecule is O=C1CCN(Cc2nnc(-c3cccc(O)c3)o2)CCCCCN1. The summed E-state index contributed by atoms with van der Waals surface area (Å²) in [5.74, 6) is 1.16. The second-order valence-electron chi connectivity index (χ2n) is 5.99. The van der Waals surface area contributed by atoms with Crippen LogP contribution >= 0.6 is 0 Å². The van der Waals surface area contributed by atoms with E-state index in [-0.39, 0.29) is 11.7 Å². The molecule has 1 aliphatic rings. The number of carbonyl (C=O) groups is 1. The van der Waals surface area contributed by atoms with Crippen molar-refractivity contribution in [1.29, 1.82) is 0 Å². The van der Waals surface area contributed by atoms with Crippen LogP contribution in [0.3, 0.4) is 0 Å². The summed E-state index contributed by atoms with van der Waals surface area (Å²) in [5, 5.41) is 20.6. The van der Waals surface area contributed by atoms with Crippen LogP contribution in [0.25, 0.3) is 11.5 Å². The van der Waals surface area contributed by atoms with Gasteiger partial charge in [0.1, 0.15) is 5.75 Å². The summed E-state index contributed by atoms with van der Waals surface area (Å²) in [6.45, 7) is 2.89. The summed E-state index contributed by atoms with van der Waals surface area (Å²) < 4.78 is 5.71. The molecule has 7 heteroatoms. The van der Waals surface area contributed by atoms with E-state index in [4.69, 9.17) is 4.42 Å². The molecule has 1 aromatic heterocycles. The van der Waals surface area contributed by atoms with E-state index in [1.54, 1.807) is 18.2 Å². The minimum absolute atomic E-state index is 0.0906. The number of phenolic OH excluding ortho intramolecular Hbond substituents is 1. The maximum absolute atomic E-state index is 11.7. The summed E-state index contributed by atoms with van der Waals surface area (Å²) in [4.78, 5) is 13.9. The van der Waals surface area contributed by atoms with Gasteiger partial charge in [-0.2, -0.15) is 0 Å². The molecule has 1 fully saturated rings. The van der Waals surface area contributed by atoms with E-state index >= 15 is 0 Å². The number of nitrogens with one attached hydrogen (secondary N) is 1. The molecule has 0 bridgehead atoms. The van der Waals surface area contributed by atoms with Crippen LogP contribution in [-0.2, 0) is 11.3 Å². The molecule has 1 amide bonds. The predicted molar refractivity (Wildman–Crippen MR) is 88.2 cm³/mol. The molecule has 0 atom stereocenters. The Morgan fingerprint density at radius 3 is 3.00 bits per heavy atom. The summed E-state index contributed by atoms with van der Waals surface area (Å²) >= 11 is 0. The second-order valence-corrected chi connectivity index (χ2v) is 5.99. The van der Waals surface area contributed by atoms with Crippen molar-refractivity contribution in [3.05, 3.63) is 30.2 Å². The predicted octanol–water partition coefficient (Wildman–Crippen LogP) is 1.93. The molecule has 1 aliphatic heterocycles. The van der Waals surface area contributed by atoms with E-state index in [9.17, 15) is 9.90 Å². The molecule has 2 N–H and O–H groups in total. The van der Waals surface area contributed by atoms with Gasteiger partial charge in [0.25, 0.3) is 0 Å². The Hall–Kier alpha value is -2.41. The van der Waals surface area contributed by atoms with Gasteiger partial charge in [-0.15, -0.1) is 10.2 Å². The lowest BCUT2D eigenvalue weighted by atomic mass is 10.2. The smallest absolute Gasteiger partial charge is 0.247 e. The lowest BCUT2D eigenvalue weighted by molar-refractivity contribution is -0.121. The van der Waals surface area contributed by atoms with Crippen molar-refractivity contribution >= 4 is 5.91 Å². The minimum Gasteiger partial charge on any atom is -0.508 e. The summed E-state index contributed by atoms with van der Waals surface area (Å²) in [6.07, 6.45) is 3.67. The summed E-state index contributed by atoms with van der Waals surface area (Å²) in [7, 11) is 0. The van der Waals surface area contributed by atoms with E-state index in [2.05, 4.69) is 20.4 Å². The number of carbonyl (C=O) groups excluding carboxylic acids is 1. The zero-order valence-corrected chi connectivity index (χ0v) is 13.6. The van der Waals surface area contributed by atoms with Crippen molar-refractivity contribution in [2.75, 3.05) is 19.6 Å². The molecule has 1 aromatic carbocycles. The largest absolute Gasteiger partial charge is 0.508 e. The van der Waals surface area contributed by atoms with E-state index in [0.717, 1.165) is 32.4 Å². The number of amides is 1. The molecule has 7 nitrogen and oxygen atoms in total. The first kappa shape index (κ1) is 16.4. The molecule has 128 valence electrons. The molecule has 0 unspecified atom stereocenters. The Labute approximate surface area is 140 Å². The van der Waals surface area contributed by atoms with Crippen LogP contribution in [0.4, 0.5) is 0 Å². The Bertz CT molecular complexity index is 686. The van der Waals surface area contributed by atoms with Gasteiger partial charge in [0.05, 0.1) is 6.54 Å². The Morgan fingerprint density at radius 1 is 1.21 bits per heavy atom. The number of hydrogen-bond donors (Lipinski definition) is 2. The first-order valence-electron chi connectivity index (χ1n) is 8.31. The van der Waals surface area contributed by atoms with E-state index in [1.807, 2.05) is 6.07 Å². The highest BCUT2D eigenvalue weighted by atomic mass is 16.4. The van der Waals surface area contributed by atoms with Gasteiger partial charge < -0.3 is 14.8 Å². The first-order chi connectivity index (χ1) is 11.7. The van der Waals surface area contributed by atoms with Gasteiger partial charge in [-0.3, -0.25) is 9.69 Å². The lowest BCUT2D eigenvalue weighted by Gasteiger charge is -2.21. The lowest BCUT2D eigenvalue weighted by Crippen LogP contribution is -2.33. The molecule has 2 aromatic rings. The van der Waals surface area contributed by atoms with Gasteiger partial charge in [-0.25, -0.2) is 0 Å². The van der Waals surface area contributed by atoms with Crippen LogP contribution in [0.1, 0.15) is 31.6 Å². The quantitative estimate of drug-likeness (QED) is 0.893. The third kappa shape index (κ3) is 4.55. The molecular formula is C17H22N4O3. The number of rotatable bonds is 3. The Balaban J connectivity index is 1.64. The number of phenols is 1. The molecule has 0 saturated carbocycles. The number of nitrogens with zero attached hydrogens (tertiary/aromatic N) is 3. The summed E-state index contributed by atoms with van der Waals surface area (Å²) in [6, 6.07) is 6.73. The van der Waals surface area contributed by atoms with E-state index in [0.29, 0.717) is 36.9 Å². The van der Waals surface area contributed by atoms with Crippen LogP contribution in [0.5, 0.6) is 5.75 Å². The van der Waals surface area contributed by atoms with Crippen LogP contribution in [0, 0.1) is 0 Å². The van der Waals surface area contributed by atoms with Crippen LogP contribution in [0.15, 0.2) is 28.7 Å². The molecule has 1 saturated heterocycles. The fraction of sp³-hybridized carbons (Fsp3) is 0.471. The minimum atomic E-state index is 0.0906. The topological polar surface area (TPSA) is 91.5 Å². The van der Waals surface area contributed by atoms with Gasteiger partial charge in [0.2, 0.25) is 17.7 Å². The number of hydrogen-bond acceptors (Lipinski definition) is 6. The molecule has 24 heavy (non-hydrogen) atoms. The highest BCUT2D eigenvalue weighted by Crippen LogP contribution is 2.22. The Morgan fingerprint density at radius 2 is 2.12 bits per heavy atom. The fourth-order valence-corrected chi connectivity index (χ4v) is 2.75. The normalized spacial score (nSPS) is 17.4. The number of aromatic nitrogens is 2. The number of benzene rings is 1. The average Bonchev–Trinajstić information content (AvgIpc) is 3.04.